The van der Waals surface area contributed by atoms with Crippen molar-refractivity contribution in [3.05, 3.63) is 84.9 Å². The molecule has 0 amide bonds. The highest BCUT2D eigenvalue weighted by molar-refractivity contribution is 7.10. The Hall–Kier alpha value is -2.14. The molecular formula is C25H29BO2Si. The van der Waals surface area contributed by atoms with Gasteiger partial charge in [-0.1, -0.05) is 91.5 Å². The second kappa shape index (κ2) is 7.28. The third-order valence-corrected chi connectivity index (χ3v) is 11.2. The minimum atomic E-state index is -2.08. The van der Waals surface area contributed by atoms with Crippen molar-refractivity contribution in [3.63, 3.8) is 0 Å². The monoisotopic (exact) mass is 400 g/mol. The van der Waals surface area contributed by atoms with Gasteiger partial charge >= 0.3 is 7.12 Å². The fourth-order valence-electron chi connectivity index (χ4n) is 4.00. The zero-order valence-corrected chi connectivity index (χ0v) is 19.0. The Kier molecular flexibility index (Phi) is 5.06. The van der Waals surface area contributed by atoms with Gasteiger partial charge in [-0.25, -0.2) is 0 Å². The molecule has 0 N–H and O–H groups in total. The van der Waals surface area contributed by atoms with E-state index in [0.717, 1.165) is 5.46 Å². The maximum absolute atomic E-state index is 6.23. The Bertz CT molecular complexity index is 913. The minimum absolute atomic E-state index is 0.324. The Morgan fingerprint density at radius 3 is 1.38 bits per heavy atom. The average Bonchev–Trinajstić information content (AvgIpc) is 2.96. The van der Waals surface area contributed by atoms with Gasteiger partial charge in [0, 0.05) is 0 Å². The SMILES string of the molecule is CC1(C)OB(c2ccc([Si](C)(c3ccccc3)c3ccccc3)cc2)OC1(C)C. The molecule has 3 aromatic rings. The summed E-state index contributed by atoms with van der Waals surface area (Å²) >= 11 is 0. The molecule has 4 rings (SSSR count). The van der Waals surface area contributed by atoms with E-state index in [2.05, 4.69) is 119 Å². The first-order chi connectivity index (χ1) is 13.7. The van der Waals surface area contributed by atoms with Crippen LogP contribution in [0.5, 0.6) is 0 Å². The molecule has 0 spiro atoms. The van der Waals surface area contributed by atoms with Crippen LogP contribution in [0, 0.1) is 0 Å². The molecule has 0 bridgehead atoms. The second-order valence-electron chi connectivity index (χ2n) is 9.07. The van der Waals surface area contributed by atoms with Crippen LogP contribution in [0.15, 0.2) is 84.9 Å². The van der Waals surface area contributed by atoms with E-state index in [9.17, 15) is 0 Å². The predicted molar refractivity (Wildman–Crippen MR) is 126 cm³/mol. The molecule has 0 atom stereocenters. The van der Waals surface area contributed by atoms with Crippen LogP contribution in [0.25, 0.3) is 0 Å². The number of hydrogen-bond donors (Lipinski definition) is 0. The van der Waals surface area contributed by atoms with E-state index in [0.29, 0.717) is 0 Å². The van der Waals surface area contributed by atoms with Crippen LogP contribution >= 0.6 is 0 Å². The first kappa shape index (κ1) is 20.1. The third kappa shape index (κ3) is 3.50. The molecule has 3 aromatic carbocycles. The van der Waals surface area contributed by atoms with Crippen molar-refractivity contribution in [3.8, 4) is 0 Å². The topological polar surface area (TPSA) is 18.5 Å². The standard InChI is InChI=1S/C25H29BO2Si/c1-24(2)25(3,4)28-26(27-24)20-16-18-23(19-17-20)29(5,21-12-8-6-9-13-21)22-14-10-7-11-15-22/h6-19H,1-5H3. The summed E-state index contributed by atoms with van der Waals surface area (Å²) in [6.07, 6.45) is 0. The fourth-order valence-corrected chi connectivity index (χ4v) is 7.55. The Morgan fingerprint density at radius 1 is 0.586 bits per heavy atom. The highest BCUT2D eigenvalue weighted by Gasteiger charge is 2.51. The van der Waals surface area contributed by atoms with Gasteiger partial charge in [0.2, 0.25) is 0 Å². The van der Waals surface area contributed by atoms with Crippen LogP contribution in [0.2, 0.25) is 6.55 Å². The molecule has 0 saturated carbocycles. The molecule has 1 heterocycles. The molecule has 29 heavy (non-hydrogen) atoms. The smallest absolute Gasteiger partial charge is 0.399 e. The lowest BCUT2D eigenvalue weighted by Crippen LogP contribution is -2.64. The first-order valence-electron chi connectivity index (χ1n) is 10.3. The molecule has 0 unspecified atom stereocenters. The number of rotatable bonds is 4. The second-order valence-corrected chi connectivity index (χ2v) is 13.0. The van der Waals surface area contributed by atoms with Gasteiger partial charge in [-0.3, -0.25) is 0 Å². The summed E-state index contributed by atoms with van der Waals surface area (Å²) in [5, 5.41) is 4.21. The van der Waals surface area contributed by atoms with Crippen molar-refractivity contribution in [2.24, 2.45) is 0 Å². The quantitative estimate of drug-likeness (QED) is 0.495. The molecule has 1 aliphatic rings. The van der Waals surface area contributed by atoms with Gasteiger partial charge in [0.25, 0.3) is 0 Å². The lowest BCUT2D eigenvalue weighted by Gasteiger charge is -2.32. The molecule has 1 saturated heterocycles. The van der Waals surface area contributed by atoms with Gasteiger partial charge < -0.3 is 9.31 Å². The van der Waals surface area contributed by atoms with Crippen molar-refractivity contribution >= 4 is 36.2 Å². The molecule has 0 radical (unpaired) electrons. The Labute approximate surface area is 176 Å². The molecule has 2 nitrogen and oxygen atoms in total. The van der Waals surface area contributed by atoms with Gasteiger partial charge in [0.1, 0.15) is 8.07 Å². The van der Waals surface area contributed by atoms with Gasteiger partial charge in [-0.2, -0.15) is 0 Å². The van der Waals surface area contributed by atoms with Gasteiger partial charge in [0.15, 0.2) is 0 Å². The van der Waals surface area contributed by atoms with E-state index < -0.39 is 8.07 Å². The first-order valence-corrected chi connectivity index (χ1v) is 12.8. The summed E-state index contributed by atoms with van der Waals surface area (Å²) in [7, 11) is -2.40. The molecule has 1 fully saturated rings. The fraction of sp³-hybridized carbons (Fsp3) is 0.280. The van der Waals surface area contributed by atoms with Crippen LogP contribution < -0.4 is 21.0 Å². The summed E-state index contributed by atoms with van der Waals surface area (Å²) in [6, 6.07) is 30.7. The van der Waals surface area contributed by atoms with Crippen molar-refractivity contribution in [1.82, 2.24) is 0 Å². The average molecular weight is 400 g/mol. The Balaban J connectivity index is 1.73. The van der Waals surface area contributed by atoms with Crippen molar-refractivity contribution in [2.45, 2.75) is 45.4 Å². The van der Waals surface area contributed by atoms with Gasteiger partial charge in [-0.15, -0.1) is 0 Å². The van der Waals surface area contributed by atoms with Crippen LogP contribution in [0.1, 0.15) is 27.7 Å². The van der Waals surface area contributed by atoms with E-state index >= 15 is 0 Å². The summed E-state index contributed by atoms with van der Waals surface area (Å²) in [5.74, 6) is 0. The highest BCUT2D eigenvalue weighted by Crippen LogP contribution is 2.36. The molecule has 1 aliphatic heterocycles. The minimum Gasteiger partial charge on any atom is -0.399 e. The normalized spacial score (nSPS) is 18.0. The predicted octanol–water partition coefficient (Wildman–Crippen LogP) is 3.09. The van der Waals surface area contributed by atoms with Crippen LogP contribution in [0.4, 0.5) is 0 Å². The van der Waals surface area contributed by atoms with Crippen LogP contribution in [-0.2, 0) is 9.31 Å². The largest absolute Gasteiger partial charge is 0.494 e. The zero-order valence-electron chi connectivity index (χ0n) is 18.0. The van der Waals surface area contributed by atoms with Crippen LogP contribution in [-0.4, -0.2) is 26.4 Å². The van der Waals surface area contributed by atoms with E-state index in [1.807, 2.05) is 0 Å². The lowest BCUT2D eigenvalue weighted by atomic mass is 9.79. The summed E-state index contributed by atoms with van der Waals surface area (Å²) in [6.45, 7) is 10.8. The Morgan fingerprint density at radius 2 is 0.966 bits per heavy atom. The number of hydrogen-bond acceptors (Lipinski definition) is 2. The molecule has 4 heteroatoms. The summed E-state index contributed by atoms with van der Waals surface area (Å²) in [4.78, 5) is 0. The van der Waals surface area contributed by atoms with Crippen molar-refractivity contribution in [1.29, 1.82) is 0 Å². The third-order valence-electron chi connectivity index (χ3n) is 6.72. The molecule has 0 aliphatic carbocycles. The van der Waals surface area contributed by atoms with E-state index in [1.165, 1.54) is 15.6 Å². The van der Waals surface area contributed by atoms with E-state index in [-0.39, 0.29) is 18.3 Å². The summed E-state index contributed by atoms with van der Waals surface area (Å²) in [5.41, 5.74) is 0.423. The molecular weight excluding hydrogens is 371 g/mol. The van der Waals surface area contributed by atoms with Crippen molar-refractivity contribution in [2.75, 3.05) is 0 Å². The van der Waals surface area contributed by atoms with E-state index in [1.54, 1.807) is 0 Å². The van der Waals surface area contributed by atoms with Gasteiger partial charge in [-0.05, 0) is 48.7 Å². The highest BCUT2D eigenvalue weighted by atomic mass is 28.3. The summed E-state index contributed by atoms with van der Waals surface area (Å²) < 4.78 is 12.5. The maximum Gasteiger partial charge on any atom is 0.494 e. The molecule has 148 valence electrons. The van der Waals surface area contributed by atoms with E-state index in [4.69, 9.17) is 9.31 Å². The lowest BCUT2D eigenvalue weighted by molar-refractivity contribution is 0.00578. The van der Waals surface area contributed by atoms with Crippen LogP contribution in [0.3, 0.4) is 0 Å². The van der Waals surface area contributed by atoms with Gasteiger partial charge in [0.05, 0.1) is 11.2 Å². The maximum atomic E-state index is 6.23. The zero-order chi connectivity index (χ0) is 20.7. The van der Waals surface area contributed by atoms with Crippen molar-refractivity contribution < 1.29 is 9.31 Å². The molecule has 0 aromatic heterocycles. The number of benzene rings is 3.